The highest BCUT2D eigenvalue weighted by Crippen LogP contribution is 2.07. The van der Waals surface area contributed by atoms with Gasteiger partial charge in [0.05, 0.1) is 19.0 Å². The smallest absolute Gasteiger partial charge is 0.226 e. The summed E-state index contributed by atoms with van der Waals surface area (Å²) in [5, 5.41) is 0. The van der Waals surface area contributed by atoms with E-state index in [1.165, 1.54) is 11.0 Å². The van der Waals surface area contributed by atoms with E-state index in [1.54, 1.807) is 12.1 Å². The predicted molar refractivity (Wildman–Crippen MR) is 62.7 cm³/mol. The monoisotopic (exact) mass is 237 g/mol. The molecule has 1 fully saturated rings. The normalized spacial score (nSPS) is 24.5. The van der Waals surface area contributed by atoms with Crippen LogP contribution in [0, 0.1) is 11.7 Å². The summed E-state index contributed by atoms with van der Waals surface area (Å²) < 4.78 is 13.0. The van der Waals surface area contributed by atoms with E-state index in [9.17, 15) is 9.18 Å². The van der Waals surface area contributed by atoms with Gasteiger partial charge in [-0.2, -0.15) is 0 Å². The Morgan fingerprint density at radius 3 is 3.06 bits per heavy atom. The van der Waals surface area contributed by atoms with E-state index in [0.717, 1.165) is 38.0 Å². The first-order valence-electron chi connectivity index (χ1n) is 6.02. The molecule has 1 unspecified atom stereocenters. The van der Waals surface area contributed by atoms with Crippen molar-refractivity contribution in [3.8, 4) is 0 Å². The van der Waals surface area contributed by atoms with Gasteiger partial charge in [0.25, 0.3) is 0 Å². The fourth-order valence-corrected chi connectivity index (χ4v) is 2.49. The van der Waals surface area contributed by atoms with Crippen LogP contribution in [0.4, 0.5) is 4.39 Å². The molecule has 4 heteroatoms. The largest absolute Gasteiger partial charge is 0.369 e. The number of amides is 1. The Kier molecular flexibility index (Phi) is 3.74. The molecule has 0 aliphatic carbocycles. The van der Waals surface area contributed by atoms with Gasteiger partial charge in [-0.25, -0.2) is 4.39 Å². The van der Waals surface area contributed by atoms with Crippen LogP contribution in [0.1, 0.15) is 18.4 Å². The number of nitrogens with two attached hydrogens (primary N) is 1. The summed E-state index contributed by atoms with van der Waals surface area (Å²) in [5.41, 5.74) is 6.31. The summed E-state index contributed by atoms with van der Waals surface area (Å²) in [6.07, 6.45) is 1.90. The molecule has 3 nitrogen and oxygen atoms in total. The SMILES string of the molecule is NC(=O)[C@@H]1CCC[NH+](Cc2cccc(F)c2)C1. The highest BCUT2D eigenvalue weighted by molar-refractivity contribution is 5.76. The Labute approximate surface area is 100 Å². The lowest BCUT2D eigenvalue weighted by Gasteiger charge is -2.28. The summed E-state index contributed by atoms with van der Waals surface area (Å²) >= 11 is 0. The molecule has 92 valence electrons. The number of quaternary nitrogens is 1. The molecule has 0 aromatic heterocycles. The van der Waals surface area contributed by atoms with Gasteiger partial charge >= 0.3 is 0 Å². The molecular formula is C13H18FN2O+. The van der Waals surface area contributed by atoms with E-state index < -0.39 is 0 Å². The zero-order valence-electron chi connectivity index (χ0n) is 9.79. The second-order valence-corrected chi connectivity index (χ2v) is 4.75. The molecule has 1 aromatic carbocycles. The molecule has 1 amide bonds. The summed E-state index contributed by atoms with van der Waals surface area (Å²) in [6.45, 7) is 2.56. The topological polar surface area (TPSA) is 47.5 Å². The van der Waals surface area contributed by atoms with Crippen LogP contribution in [0.15, 0.2) is 24.3 Å². The number of piperidine rings is 1. The van der Waals surface area contributed by atoms with Crippen molar-refractivity contribution in [2.45, 2.75) is 19.4 Å². The van der Waals surface area contributed by atoms with Gasteiger partial charge in [0.15, 0.2) is 0 Å². The zero-order chi connectivity index (χ0) is 12.3. The molecule has 1 aliphatic rings. The molecule has 1 saturated heterocycles. The highest BCUT2D eigenvalue weighted by Gasteiger charge is 2.26. The van der Waals surface area contributed by atoms with Gasteiger partial charge in [0.2, 0.25) is 5.91 Å². The first kappa shape index (κ1) is 12.0. The lowest BCUT2D eigenvalue weighted by atomic mass is 9.97. The molecule has 1 heterocycles. The number of likely N-dealkylation sites (tertiary alicyclic amines) is 1. The van der Waals surface area contributed by atoms with Crippen LogP contribution in [0.3, 0.4) is 0 Å². The quantitative estimate of drug-likeness (QED) is 0.770. The summed E-state index contributed by atoms with van der Waals surface area (Å²) in [5.74, 6) is -0.431. The van der Waals surface area contributed by atoms with Crippen molar-refractivity contribution < 1.29 is 14.1 Å². The van der Waals surface area contributed by atoms with Gasteiger partial charge < -0.3 is 10.6 Å². The van der Waals surface area contributed by atoms with Crippen molar-refractivity contribution in [2.24, 2.45) is 11.7 Å². The van der Waals surface area contributed by atoms with Gasteiger partial charge in [0.1, 0.15) is 12.4 Å². The third-order valence-electron chi connectivity index (χ3n) is 3.36. The van der Waals surface area contributed by atoms with Crippen molar-refractivity contribution >= 4 is 5.91 Å². The molecule has 2 atom stereocenters. The van der Waals surface area contributed by atoms with Gasteiger partial charge in [0, 0.05) is 5.56 Å². The van der Waals surface area contributed by atoms with E-state index in [-0.39, 0.29) is 17.6 Å². The Bertz CT molecular complexity index is 408. The number of primary amides is 1. The van der Waals surface area contributed by atoms with Crippen LogP contribution in [0.25, 0.3) is 0 Å². The van der Waals surface area contributed by atoms with Crippen molar-refractivity contribution in [1.29, 1.82) is 0 Å². The average molecular weight is 237 g/mol. The van der Waals surface area contributed by atoms with Crippen LogP contribution >= 0.6 is 0 Å². The number of carbonyl (C=O) groups excluding carboxylic acids is 1. The van der Waals surface area contributed by atoms with Crippen LogP contribution in [0.5, 0.6) is 0 Å². The molecule has 0 bridgehead atoms. The molecule has 0 spiro atoms. The van der Waals surface area contributed by atoms with Crippen LogP contribution in [-0.2, 0) is 11.3 Å². The molecule has 3 N–H and O–H groups in total. The van der Waals surface area contributed by atoms with Crippen molar-refractivity contribution in [1.82, 2.24) is 0 Å². The number of rotatable bonds is 3. The fraction of sp³-hybridized carbons (Fsp3) is 0.462. The first-order chi connectivity index (χ1) is 8.15. The predicted octanol–water partition coefficient (Wildman–Crippen LogP) is 0.106. The van der Waals surface area contributed by atoms with E-state index in [2.05, 4.69) is 0 Å². The minimum absolute atomic E-state index is 0.0210. The zero-order valence-corrected chi connectivity index (χ0v) is 9.79. The first-order valence-corrected chi connectivity index (χ1v) is 6.02. The summed E-state index contributed by atoms with van der Waals surface area (Å²) in [6, 6.07) is 6.64. The van der Waals surface area contributed by atoms with Crippen molar-refractivity contribution in [2.75, 3.05) is 13.1 Å². The lowest BCUT2D eigenvalue weighted by molar-refractivity contribution is -0.921. The Morgan fingerprint density at radius 1 is 1.53 bits per heavy atom. The Hall–Kier alpha value is -1.42. The number of nitrogens with one attached hydrogen (secondary N) is 1. The second kappa shape index (κ2) is 5.27. The molecule has 17 heavy (non-hydrogen) atoms. The van der Waals surface area contributed by atoms with Crippen molar-refractivity contribution in [3.05, 3.63) is 35.6 Å². The summed E-state index contributed by atoms with van der Waals surface area (Å²) in [7, 11) is 0. The maximum Gasteiger partial charge on any atom is 0.226 e. The maximum absolute atomic E-state index is 13.0. The maximum atomic E-state index is 13.0. The summed E-state index contributed by atoms with van der Waals surface area (Å²) in [4.78, 5) is 12.5. The van der Waals surface area contributed by atoms with Crippen LogP contribution in [-0.4, -0.2) is 19.0 Å². The van der Waals surface area contributed by atoms with Gasteiger partial charge in [-0.05, 0) is 25.0 Å². The fourth-order valence-electron chi connectivity index (χ4n) is 2.49. The molecule has 1 aliphatic heterocycles. The van der Waals surface area contributed by atoms with E-state index in [1.807, 2.05) is 6.07 Å². The molecule has 0 saturated carbocycles. The molecule has 2 rings (SSSR count). The standard InChI is InChI=1S/C13H17FN2O/c14-12-5-1-3-10(7-12)8-16-6-2-4-11(9-16)13(15)17/h1,3,5,7,11H,2,4,6,8-9H2,(H2,15,17)/p+1/t11-/m1/s1. The van der Waals surface area contributed by atoms with E-state index in [0.29, 0.717) is 0 Å². The van der Waals surface area contributed by atoms with Gasteiger partial charge in [-0.15, -0.1) is 0 Å². The molecular weight excluding hydrogens is 219 g/mol. The van der Waals surface area contributed by atoms with Gasteiger partial charge in [-0.3, -0.25) is 4.79 Å². The lowest BCUT2D eigenvalue weighted by Crippen LogP contribution is -3.12. The minimum atomic E-state index is -0.207. The molecule has 1 aromatic rings. The average Bonchev–Trinajstić information content (AvgIpc) is 2.29. The number of halogens is 1. The van der Waals surface area contributed by atoms with Gasteiger partial charge in [-0.1, -0.05) is 12.1 Å². The van der Waals surface area contributed by atoms with E-state index in [4.69, 9.17) is 5.73 Å². The number of hydrogen-bond donors (Lipinski definition) is 2. The minimum Gasteiger partial charge on any atom is -0.369 e. The number of hydrogen-bond acceptors (Lipinski definition) is 1. The van der Waals surface area contributed by atoms with E-state index >= 15 is 0 Å². The molecule has 0 radical (unpaired) electrons. The van der Waals surface area contributed by atoms with Crippen molar-refractivity contribution in [3.63, 3.8) is 0 Å². The third kappa shape index (κ3) is 3.27. The second-order valence-electron chi connectivity index (χ2n) is 4.75. The highest BCUT2D eigenvalue weighted by atomic mass is 19.1. The Balaban J connectivity index is 1.97. The van der Waals surface area contributed by atoms with Crippen LogP contribution < -0.4 is 10.6 Å². The Morgan fingerprint density at radius 2 is 2.35 bits per heavy atom. The van der Waals surface area contributed by atoms with Crippen LogP contribution in [0.2, 0.25) is 0 Å². The third-order valence-corrected chi connectivity index (χ3v) is 3.36. The number of benzene rings is 1. The number of carbonyl (C=O) groups is 1.